The molecule has 8 nitrogen and oxygen atoms in total. The Balaban J connectivity index is 1.65. The maximum Gasteiger partial charge on any atom is 0.327 e. The third-order valence-electron chi connectivity index (χ3n) is 5.64. The van der Waals surface area contributed by atoms with Crippen LogP contribution in [0.2, 0.25) is 0 Å². The molecule has 152 valence electrons. The highest BCUT2D eigenvalue weighted by molar-refractivity contribution is 6.07. The van der Waals surface area contributed by atoms with Crippen molar-refractivity contribution in [2.24, 2.45) is 5.92 Å². The van der Waals surface area contributed by atoms with Gasteiger partial charge in [0.2, 0.25) is 5.91 Å². The van der Waals surface area contributed by atoms with E-state index >= 15 is 0 Å². The van der Waals surface area contributed by atoms with Crippen molar-refractivity contribution in [3.05, 3.63) is 24.3 Å². The molecule has 3 heterocycles. The van der Waals surface area contributed by atoms with E-state index in [1.54, 1.807) is 23.5 Å². The minimum Gasteiger partial charge on any atom is -0.342 e. The van der Waals surface area contributed by atoms with Crippen LogP contribution in [0.4, 0.5) is 4.79 Å². The Hall–Kier alpha value is -2.51. The molecule has 2 saturated heterocycles. The number of aryl methyl sites for hydroxylation is 1. The second kappa shape index (κ2) is 8.24. The van der Waals surface area contributed by atoms with E-state index in [0.717, 1.165) is 5.69 Å². The average molecular weight is 387 g/mol. The molecule has 1 aromatic rings. The Kier molecular flexibility index (Phi) is 5.96. The van der Waals surface area contributed by atoms with E-state index in [1.807, 2.05) is 25.7 Å². The van der Waals surface area contributed by atoms with Crippen LogP contribution in [0, 0.1) is 5.92 Å². The molecule has 2 fully saturated rings. The number of piperidine rings is 1. The van der Waals surface area contributed by atoms with E-state index in [1.165, 1.54) is 4.90 Å². The summed E-state index contributed by atoms with van der Waals surface area (Å²) in [5.74, 6) is 0.226. The Morgan fingerprint density at radius 2 is 1.93 bits per heavy atom. The monoisotopic (exact) mass is 387 g/mol. The standard InChI is InChI=1S/C20H29N5O3/c1-4-24-18(27)20(25(19(24)28)14-15(2)3)7-11-23(12-8-20)17(26)6-5-16-13-21-9-10-22-16/h9-10,13,15H,4-8,11-12,14H2,1-3H3. The average Bonchev–Trinajstić information content (AvgIpc) is 2.88. The summed E-state index contributed by atoms with van der Waals surface area (Å²) in [5, 5.41) is 0. The number of amides is 4. The summed E-state index contributed by atoms with van der Waals surface area (Å²) in [7, 11) is 0. The summed E-state index contributed by atoms with van der Waals surface area (Å²) in [6.07, 6.45) is 6.82. The third kappa shape index (κ3) is 3.72. The number of carbonyl (C=O) groups is 3. The second-order valence-electron chi connectivity index (χ2n) is 7.95. The quantitative estimate of drug-likeness (QED) is 0.694. The lowest BCUT2D eigenvalue weighted by Crippen LogP contribution is -2.58. The molecule has 2 aliphatic heterocycles. The van der Waals surface area contributed by atoms with Gasteiger partial charge in [-0.3, -0.25) is 24.5 Å². The van der Waals surface area contributed by atoms with Crippen LogP contribution in [0.3, 0.4) is 0 Å². The van der Waals surface area contributed by atoms with Crippen molar-refractivity contribution in [1.29, 1.82) is 0 Å². The fraction of sp³-hybridized carbons (Fsp3) is 0.650. The van der Waals surface area contributed by atoms with Crippen LogP contribution < -0.4 is 0 Å². The first-order chi connectivity index (χ1) is 13.4. The summed E-state index contributed by atoms with van der Waals surface area (Å²) in [6.45, 7) is 7.84. The molecule has 28 heavy (non-hydrogen) atoms. The summed E-state index contributed by atoms with van der Waals surface area (Å²) in [4.78, 5) is 51.6. The number of hydrogen-bond acceptors (Lipinski definition) is 5. The predicted molar refractivity (Wildman–Crippen MR) is 103 cm³/mol. The van der Waals surface area contributed by atoms with Gasteiger partial charge in [0.1, 0.15) is 5.54 Å². The zero-order chi connectivity index (χ0) is 20.3. The lowest BCUT2D eigenvalue weighted by molar-refractivity contribution is -0.141. The van der Waals surface area contributed by atoms with Crippen LogP contribution in [0.15, 0.2) is 18.6 Å². The van der Waals surface area contributed by atoms with Crippen molar-refractivity contribution in [3.63, 3.8) is 0 Å². The highest BCUT2D eigenvalue weighted by Gasteiger charge is 2.57. The van der Waals surface area contributed by atoms with Crippen LogP contribution in [-0.2, 0) is 16.0 Å². The lowest BCUT2D eigenvalue weighted by atomic mass is 9.85. The van der Waals surface area contributed by atoms with Gasteiger partial charge in [-0.2, -0.15) is 0 Å². The van der Waals surface area contributed by atoms with E-state index in [0.29, 0.717) is 51.9 Å². The molecular formula is C20H29N5O3. The number of rotatable bonds is 6. The fourth-order valence-electron chi connectivity index (χ4n) is 4.14. The summed E-state index contributed by atoms with van der Waals surface area (Å²) >= 11 is 0. The van der Waals surface area contributed by atoms with Crippen LogP contribution >= 0.6 is 0 Å². The van der Waals surface area contributed by atoms with Crippen LogP contribution in [0.5, 0.6) is 0 Å². The minimum absolute atomic E-state index is 0.0556. The summed E-state index contributed by atoms with van der Waals surface area (Å²) in [6, 6.07) is -0.191. The Labute approximate surface area is 165 Å². The normalized spacial score (nSPS) is 19.2. The van der Waals surface area contributed by atoms with E-state index in [9.17, 15) is 14.4 Å². The van der Waals surface area contributed by atoms with E-state index in [4.69, 9.17) is 0 Å². The van der Waals surface area contributed by atoms with Crippen LogP contribution in [0.25, 0.3) is 0 Å². The number of likely N-dealkylation sites (tertiary alicyclic amines) is 1. The molecule has 0 atom stereocenters. The van der Waals surface area contributed by atoms with Gasteiger partial charge in [-0.1, -0.05) is 13.8 Å². The van der Waals surface area contributed by atoms with Crippen LogP contribution in [0.1, 0.15) is 45.7 Å². The maximum absolute atomic E-state index is 13.0. The zero-order valence-electron chi connectivity index (χ0n) is 16.9. The number of urea groups is 1. The predicted octanol–water partition coefficient (Wildman–Crippen LogP) is 1.71. The van der Waals surface area contributed by atoms with Crippen molar-refractivity contribution >= 4 is 17.8 Å². The van der Waals surface area contributed by atoms with Gasteiger partial charge in [0, 0.05) is 51.2 Å². The Bertz CT molecular complexity index is 729. The Morgan fingerprint density at radius 3 is 2.50 bits per heavy atom. The SMILES string of the molecule is CCN1C(=O)N(CC(C)C)C2(CCN(C(=O)CCc3cnccn3)CC2)C1=O. The van der Waals surface area contributed by atoms with Gasteiger partial charge in [-0.25, -0.2) is 4.79 Å². The lowest BCUT2D eigenvalue weighted by Gasteiger charge is -2.42. The highest BCUT2D eigenvalue weighted by Crippen LogP contribution is 2.37. The molecule has 2 aliphatic rings. The molecule has 8 heteroatoms. The molecular weight excluding hydrogens is 358 g/mol. The number of likely N-dealkylation sites (N-methyl/N-ethyl adjacent to an activating group) is 1. The van der Waals surface area contributed by atoms with Gasteiger partial charge in [0.05, 0.1) is 5.69 Å². The number of hydrogen-bond donors (Lipinski definition) is 0. The molecule has 0 aromatic carbocycles. The van der Waals surface area contributed by atoms with Crippen molar-refractivity contribution in [2.45, 2.75) is 52.0 Å². The largest absolute Gasteiger partial charge is 0.342 e. The molecule has 1 aromatic heterocycles. The van der Waals surface area contributed by atoms with E-state index in [-0.39, 0.29) is 23.8 Å². The topological polar surface area (TPSA) is 86.7 Å². The smallest absolute Gasteiger partial charge is 0.327 e. The zero-order valence-corrected chi connectivity index (χ0v) is 16.9. The molecule has 0 aliphatic carbocycles. The number of aromatic nitrogens is 2. The molecule has 0 bridgehead atoms. The fourth-order valence-corrected chi connectivity index (χ4v) is 4.14. The van der Waals surface area contributed by atoms with Gasteiger partial charge in [0.15, 0.2) is 0 Å². The van der Waals surface area contributed by atoms with Gasteiger partial charge in [-0.05, 0) is 32.1 Å². The van der Waals surface area contributed by atoms with Crippen molar-refractivity contribution in [3.8, 4) is 0 Å². The number of carbonyl (C=O) groups excluding carboxylic acids is 3. The van der Waals surface area contributed by atoms with E-state index in [2.05, 4.69) is 9.97 Å². The van der Waals surface area contributed by atoms with E-state index < -0.39 is 5.54 Å². The summed E-state index contributed by atoms with van der Waals surface area (Å²) < 4.78 is 0. The van der Waals surface area contributed by atoms with Gasteiger partial charge in [-0.15, -0.1) is 0 Å². The number of nitrogens with zero attached hydrogens (tertiary/aromatic N) is 5. The first-order valence-electron chi connectivity index (χ1n) is 10.0. The molecule has 3 rings (SSSR count). The van der Waals surface area contributed by atoms with Crippen LogP contribution in [-0.4, -0.2) is 74.2 Å². The maximum atomic E-state index is 13.0. The minimum atomic E-state index is -0.793. The summed E-state index contributed by atoms with van der Waals surface area (Å²) in [5.41, 5.74) is 0.00146. The highest BCUT2D eigenvalue weighted by atomic mass is 16.2. The first-order valence-corrected chi connectivity index (χ1v) is 10.0. The first kappa shape index (κ1) is 20.2. The van der Waals surface area contributed by atoms with Gasteiger partial charge >= 0.3 is 6.03 Å². The van der Waals surface area contributed by atoms with Gasteiger partial charge < -0.3 is 9.80 Å². The second-order valence-corrected chi connectivity index (χ2v) is 7.95. The molecule has 0 N–H and O–H groups in total. The van der Waals surface area contributed by atoms with Crippen molar-refractivity contribution in [1.82, 2.24) is 24.7 Å². The third-order valence-corrected chi connectivity index (χ3v) is 5.64. The molecule has 4 amide bonds. The van der Waals surface area contributed by atoms with Gasteiger partial charge in [0.25, 0.3) is 5.91 Å². The molecule has 1 spiro atoms. The molecule has 0 saturated carbocycles. The molecule has 0 radical (unpaired) electrons. The number of imide groups is 1. The Morgan fingerprint density at radius 1 is 1.21 bits per heavy atom. The molecule has 0 unspecified atom stereocenters. The van der Waals surface area contributed by atoms with Crippen molar-refractivity contribution < 1.29 is 14.4 Å². The van der Waals surface area contributed by atoms with Crippen molar-refractivity contribution in [2.75, 3.05) is 26.2 Å².